The molecular weight excluding hydrogens is 504 g/mol. The molecule has 5 heterocycles. The van der Waals surface area contributed by atoms with Crippen LogP contribution in [0.15, 0.2) is 53.7 Å². The van der Waals surface area contributed by atoms with E-state index in [1.54, 1.807) is 18.3 Å². The topological polar surface area (TPSA) is 119 Å². The van der Waals surface area contributed by atoms with E-state index in [9.17, 15) is 9.59 Å². The van der Waals surface area contributed by atoms with Crippen LogP contribution in [0.4, 0.5) is 10.7 Å². The summed E-state index contributed by atoms with van der Waals surface area (Å²) in [5.41, 5.74) is 3.71. The van der Waals surface area contributed by atoms with Crippen LogP contribution in [-0.4, -0.2) is 52.5 Å². The van der Waals surface area contributed by atoms with Crippen molar-refractivity contribution in [1.82, 2.24) is 25.6 Å². The van der Waals surface area contributed by atoms with Gasteiger partial charge in [0, 0.05) is 37.6 Å². The van der Waals surface area contributed by atoms with Gasteiger partial charge in [-0.2, -0.15) is 0 Å². The maximum Gasteiger partial charge on any atom is 0.290 e. The lowest BCUT2D eigenvalue weighted by molar-refractivity contribution is -0.115. The first kappa shape index (κ1) is 24.4. The molecule has 0 aliphatic carbocycles. The Morgan fingerprint density at radius 1 is 1.05 bits per heavy atom. The first-order chi connectivity index (χ1) is 18.6. The molecule has 0 bridgehead atoms. The van der Waals surface area contributed by atoms with Gasteiger partial charge in [0.25, 0.3) is 11.1 Å². The van der Waals surface area contributed by atoms with E-state index in [0.29, 0.717) is 22.5 Å². The fourth-order valence-electron chi connectivity index (χ4n) is 4.71. The summed E-state index contributed by atoms with van der Waals surface area (Å²) in [4.78, 5) is 39.3. The molecule has 3 aliphatic rings. The number of rotatable bonds is 7. The Balaban J connectivity index is 0.998. The number of fused-ring (bicyclic) bond motifs is 1. The van der Waals surface area contributed by atoms with Crippen molar-refractivity contribution in [3.05, 3.63) is 65.0 Å². The Kier molecular flexibility index (Phi) is 6.93. The number of ether oxygens (including phenoxy) is 2. The van der Waals surface area contributed by atoms with Crippen LogP contribution in [0, 0.1) is 5.92 Å². The molecule has 1 aromatic carbocycles. The predicted octanol–water partition coefficient (Wildman–Crippen LogP) is 3.60. The number of thioether (sulfide) groups is 1. The molecule has 11 heteroatoms. The summed E-state index contributed by atoms with van der Waals surface area (Å²) in [6.45, 7) is 3.69. The number of nitrogens with zero attached hydrogens (tertiary/aromatic N) is 4. The number of amides is 2. The number of benzene rings is 1. The highest BCUT2D eigenvalue weighted by molar-refractivity contribution is 8.18. The number of hydrogen-bond acceptors (Lipinski definition) is 10. The summed E-state index contributed by atoms with van der Waals surface area (Å²) in [5, 5.41) is 5.51. The first-order valence-corrected chi connectivity index (χ1v) is 13.3. The standard InChI is InChI=1S/C27H26N6O4S/c34-25-24(38-27(35)32-25)13-20-4-8-30-26(31-20)33-9-5-17(6-10-33)14-28-15-18-3-7-29-21(11-18)19-1-2-22-23(12-19)37-16-36-22/h1-4,7-8,11-13,17,28H,5-6,9-10,14-16H2,(H,32,34,35). The molecule has 0 radical (unpaired) electrons. The van der Waals surface area contributed by atoms with Crippen LogP contribution in [0.1, 0.15) is 24.1 Å². The van der Waals surface area contributed by atoms with Crippen LogP contribution < -0.4 is 25.0 Å². The van der Waals surface area contributed by atoms with Crippen molar-refractivity contribution in [1.29, 1.82) is 0 Å². The van der Waals surface area contributed by atoms with Gasteiger partial charge in [0.05, 0.1) is 16.3 Å². The minimum Gasteiger partial charge on any atom is -0.454 e. The quantitative estimate of drug-likeness (QED) is 0.439. The van der Waals surface area contributed by atoms with E-state index in [1.807, 2.05) is 30.5 Å². The van der Waals surface area contributed by atoms with E-state index in [-0.39, 0.29) is 17.9 Å². The van der Waals surface area contributed by atoms with Crippen molar-refractivity contribution < 1.29 is 19.1 Å². The van der Waals surface area contributed by atoms with Crippen LogP contribution in [0.5, 0.6) is 11.5 Å². The lowest BCUT2D eigenvalue weighted by Gasteiger charge is -2.32. The molecule has 2 aromatic heterocycles. The van der Waals surface area contributed by atoms with Crippen LogP contribution >= 0.6 is 11.8 Å². The Bertz CT molecular complexity index is 1410. The summed E-state index contributed by atoms with van der Waals surface area (Å²) in [5.74, 6) is 2.35. The maximum absolute atomic E-state index is 11.8. The molecular formula is C27H26N6O4S. The largest absolute Gasteiger partial charge is 0.454 e. The number of carbonyl (C=O) groups is 2. The SMILES string of the molecule is O=C1NC(=O)C(=Cc2ccnc(N3CCC(CNCc4ccnc(-c5ccc6c(c5)OCO6)c4)CC3)n2)S1. The van der Waals surface area contributed by atoms with Gasteiger partial charge in [0.2, 0.25) is 12.7 Å². The third-order valence-corrected chi connectivity index (χ3v) is 7.55. The van der Waals surface area contributed by atoms with Crippen LogP contribution in [-0.2, 0) is 11.3 Å². The van der Waals surface area contributed by atoms with Gasteiger partial charge < -0.3 is 19.7 Å². The van der Waals surface area contributed by atoms with E-state index in [0.717, 1.165) is 73.5 Å². The van der Waals surface area contributed by atoms with Gasteiger partial charge in [-0.3, -0.25) is 19.9 Å². The molecule has 3 aromatic rings. The molecule has 0 saturated carbocycles. The normalized spacial score (nSPS) is 18.3. The fourth-order valence-corrected chi connectivity index (χ4v) is 5.37. The summed E-state index contributed by atoms with van der Waals surface area (Å²) < 4.78 is 10.9. The maximum atomic E-state index is 11.8. The van der Waals surface area contributed by atoms with Gasteiger partial charge in [-0.15, -0.1) is 0 Å². The van der Waals surface area contributed by atoms with E-state index >= 15 is 0 Å². The smallest absolute Gasteiger partial charge is 0.290 e. The highest BCUT2D eigenvalue weighted by atomic mass is 32.2. The van der Waals surface area contributed by atoms with Crippen molar-refractivity contribution in [2.75, 3.05) is 31.3 Å². The number of piperidine rings is 1. The molecule has 6 rings (SSSR count). The molecule has 2 N–H and O–H groups in total. The number of nitrogens with one attached hydrogen (secondary N) is 2. The van der Waals surface area contributed by atoms with Crippen molar-refractivity contribution in [3.63, 3.8) is 0 Å². The minimum absolute atomic E-state index is 0.259. The highest BCUT2D eigenvalue weighted by Gasteiger charge is 2.26. The second kappa shape index (κ2) is 10.8. The van der Waals surface area contributed by atoms with Gasteiger partial charge in [-0.25, -0.2) is 9.97 Å². The third-order valence-electron chi connectivity index (χ3n) is 6.74. The van der Waals surface area contributed by atoms with Crippen molar-refractivity contribution in [3.8, 4) is 22.8 Å². The minimum atomic E-state index is -0.385. The molecule has 0 spiro atoms. The number of imide groups is 1. The molecule has 2 saturated heterocycles. The molecule has 2 fully saturated rings. The average molecular weight is 531 g/mol. The zero-order valence-corrected chi connectivity index (χ0v) is 21.4. The van der Waals surface area contributed by atoms with Gasteiger partial charge in [-0.1, -0.05) is 0 Å². The average Bonchev–Trinajstić information content (AvgIpc) is 3.54. The number of carbonyl (C=O) groups excluding carboxylic acids is 2. The molecule has 2 amide bonds. The summed E-state index contributed by atoms with van der Waals surface area (Å²) in [6.07, 6.45) is 7.23. The molecule has 0 atom stereocenters. The number of anilines is 1. The monoisotopic (exact) mass is 530 g/mol. The van der Waals surface area contributed by atoms with Crippen LogP contribution in [0.3, 0.4) is 0 Å². The molecule has 0 unspecified atom stereocenters. The lowest BCUT2D eigenvalue weighted by Crippen LogP contribution is -2.38. The fraction of sp³-hybridized carbons (Fsp3) is 0.296. The van der Waals surface area contributed by atoms with E-state index in [1.165, 1.54) is 5.56 Å². The van der Waals surface area contributed by atoms with Gasteiger partial charge >= 0.3 is 0 Å². The molecule has 194 valence electrons. The highest BCUT2D eigenvalue weighted by Crippen LogP contribution is 2.35. The summed E-state index contributed by atoms with van der Waals surface area (Å²) >= 11 is 0.887. The Morgan fingerprint density at radius 2 is 1.89 bits per heavy atom. The van der Waals surface area contributed by atoms with Crippen molar-refractivity contribution in [2.45, 2.75) is 19.4 Å². The molecule has 3 aliphatic heterocycles. The van der Waals surface area contributed by atoms with E-state index in [2.05, 4.69) is 36.6 Å². The van der Waals surface area contributed by atoms with Gasteiger partial charge in [0.15, 0.2) is 11.5 Å². The molecule has 10 nitrogen and oxygen atoms in total. The van der Waals surface area contributed by atoms with E-state index in [4.69, 9.17) is 9.47 Å². The number of hydrogen-bond donors (Lipinski definition) is 2. The zero-order chi connectivity index (χ0) is 25.9. The predicted molar refractivity (Wildman–Crippen MR) is 144 cm³/mol. The van der Waals surface area contributed by atoms with E-state index < -0.39 is 0 Å². The number of aromatic nitrogens is 3. The number of pyridine rings is 1. The zero-order valence-electron chi connectivity index (χ0n) is 20.6. The lowest BCUT2D eigenvalue weighted by atomic mass is 9.97. The van der Waals surface area contributed by atoms with Crippen molar-refractivity contribution in [2.24, 2.45) is 5.92 Å². The van der Waals surface area contributed by atoms with Crippen LogP contribution in [0.25, 0.3) is 17.3 Å². The van der Waals surface area contributed by atoms with Crippen LogP contribution in [0.2, 0.25) is 0 Å². The Morgan fingerprint density at radius 3 is 2.74 bits per heavy atom. The van der Waals surface area contributed by atoms with Crippen molar-refractivity contribution >= 4 is 34.9 Å². The summed E-state index contributed by atoms with van der Waals surface area (Å²) in [7, 11) is 0. The van der Waals surface area contributed by atoms with Gasteiger partial charge in [0.1, 0.15) is 0 Å². The Labute approximate surface area is 223 Å². The second-order valence-electron chi connectivity index (χ2n) is 9.31. The van der Waals surface area contributed by atoms with Gasteiger partial charge in [-0.05, 0) is 85.1 Å². The second-order valence-corrected chi connectivity index (χ2v) is 10.3. The molecule has 38 heavy (non-hydrogen) atoms. The summed E-state index contributed by atoms with van der Waals surface area (Å²) in [6, 6.07) is 11.8. The Hall–Kier alpha value is -3.96. The third kappa shape index (κ3) is 5.48. The first-order valence-electron chi connectivity index (χ1n) is 12.5.